The van der Waals surface area contributed by atoms with Crippen LogP contribution < -0.4 is 0 Å². The van der Waals surface area contributed by atoms with E-state index in [1.54, 1.807) is 6.07 Å². The molecule has 0 atom stereocenters. The Morgan fingerprint density at radius 3 is 1.66 bits per heavy atom. The molecule has 0 spiro atoms. The van der Waals surface area contributed by atoms with Gasteiger partial charge in [0.2, 0.25) is 0 Å². The number of hydrogen-bond acceptors (Lipinski definition) is 3. The number of para-hydroxylation sites is 2. The Balaban J connectivity index is 1.16. The van der Waals surface area contributed by atoms with Gasteiger partial charge >= 0.3 is 0 Å². The van der Waals surface area contributed by atoms with E-state index in [-0.39, 0.29) is 5.75 Å². The first-order valence-corrected chi connectivity index (χ1v) is 20.6. The van der Waals surface area contributed by atoms with Gasteiger partial charge in [-0.25, -0.2) is 4.98 Å². The third-order valence-corrected chi connectivity index (χ3v) is 11.4. The molecule has 0 bridgehead atoms. The van der Waals surface area contributed by atoms with Gasteiger partial charge in [0.05, 0.1) is 22.3 Å². The number of nitrogens with zero attached hydrogens (tertiary/aromatic N) is 3. The highest BCUT2D eigenvalue weighted by atomic mass is 16.3. The van der Waals surface area contributed by atoms with Gasteiger partial charge in [-0.1, -0.05) is 159 Å². The van der Waals surface area contributed by atoms with Crippen molar-refractivity contribution < 1.29 is 6.48 Å². The zero-order valence-corrected chi connectivity index (χ0v) is 34.0. The van der Waals surface area contributed by atoms with Crippen LogP contribution in [0, 0.1) is 0 Å². The van der Waals surface area contributed by atoms with Crippen LogP contribution in [0.4, 0.5) is 0 Å². The molecule has 0 saturated carbocycles. The van der Waals surface area contributed by atoms with Crippen LogP contribution in [0.15, 0.2) is 212 Å². The maximum Gasteiger partial charge on any atom is 0.149 e. The lowest BCUT2D eigenvalue weighted by atomic mass is 9.93. The Morgan fingerprint density at radius 2 is 1.00 bits per heavy atom. The Bertz CT molecular complexity index is 3210. The summed E-state index contributed by atoms with van der Waals surface area (Å²) in [7, 11) is 0. The number of rotatable bonds is 9. The van der Waals surface area contributed by atoms with E-state index in [1.165, 1.54) is 11.1 Å². The fourth-order valence-electron chi connectivity index (χ4n) is 8.25. The van der Waals surface area contributed by atoms with Crippen LogP contribution in [0.2, 0.25) is 0 Å². The first-order valence-electron chi connectivity index (χ1n) is 21.1. The molecule has 2 heterocycles. The van der Waals surface area contributed by atoms with Gasteiger partial charge in [0.25, 0.3) is 0 Å². The predicted molar refractivity (Wildman–Crippen MR) is 253 cm³/mol. The van der Waals surface area contributed by atoms with Gasteiger partial charge in [-0.2, -0.15) is 0 Å². The van der Waals surface area contributed by atoms with Gasteiger partial charge in [0.15, 0.2) is 0 Å². The van der Waals surface area contributed by atoms with Gasteiger partial charge in [-0.15, -0.1) is 0 Å². The second-order valence-corrected chi connectivity index (χ2v) is 15.6. The van der Waals surface area contributed by atoms with Crippen molar-refractivity contribution in [2.24, 2.45) is 0 Å². The lowest BCUT2D eigenvalue weighted by Gasteiger charge is -2.16. The van der Waals surface area contributed by atoms with Crippen molar-refractivity contribution in [1.29, 1.82) is 0 Å². The smallest absolute Gasteiger partial charge is 0.149 e. The molecule has 10 rings (SSSR count). The van der Waals surface area contributed by atoms with Crippen LogP contribution in [0.1, 0.15) is 26.7 Å². The van der Waals surface area contributed by atoms with Crippen LogP contribution in [0.3, 0.4) is 0 Å². The monoisotopic (exact) mass is 786 g/mol. The number of phenols is 1. The number of aromatic nitrogens is 3. The summed E-state index contributed by atoms with van der Waals surface area (Å²) in [6, 6.07) is 70.7. The fraction of sp³-hybridized carbons (Fsp3) is 0.0526. The summed E-state index contributed by atoms with van der Waals surface area (Å²) in [6.07, 6.45) is 1.89. The van der Waals surface area contributed by atoms with Gasteiger partial charge < -0.3 is 5.11 Å². The quantitative estimate of drug-likeness (QED) is 0.159. The predicted octanol–water partition coefficient (Wildman–Crippen LogP) is 14.9. The van der Waals surface area contributed by atoms with E-state index in [4.69, 9.17) is 11.3 Å². The average molecular weight is 787 g/mol. The first kappa shape index (κ1) is 36.3. The summed E-state index contributed by atoms with van der Waals surface area (Å²) >= 11 is 0. The van der Waals surface area contributed by atoms with Crippen LogP contribution in [0.25, 0.3) is 95.0 Å². The summed E-state index contributed by atoms with van der Waals surface area (Å²) < 4.78 is 11.3. The van der Waals surface area contributed by atoms with Crippen molar-refractivity contribution in [3.8, 4) is 89.7 Å². The lowest BCUT2D eigenvalue weighted by Crippen LogP contribution is -2.01. The minimum atomic E-state index is -0.874. The minimum Gasteiger partial charge on any atom is -0.507 e. The maximum absolute atomic E-state index is 11.4. The molecule has 0 amide bonds. The van der Waals surface area contributed by atoms with Crippen LogP contribution in [0.5, 0.6) is 5.75 Å². The molecule has 4 nitrogen and oxygen atoms in total. The average Bonchev–Trinajstić information content (AvgIpc) is 3.72. The Hall–Kier alpha value is -7.82. The highest BCUT2D eigenvalue weighted by Crippen LogP contribution is 2.41. The molecular weight excluding hydrogens is 743 g/mol. The van der Waals surface area contributed by atoms with Crippen LogP contribution in [-0.2, 0) is 0 Å². The molecule has 4 heteroatoms. The zero-order valence-electron chi connectivity index (χ0n) is 35.0. The molecule has 0 saturated heterocycles. The molecule has 0 unspecified atom stereocenters. The Morgan fingerprint density at radius 1 is 0.459 bits per heavy atom. The summed E-state index contributed by atoms with van der Waals surface area (Å²) in [5, 5.41) is 11.4. The van der Waals surface area contributed by atoms with Gasteiger partial charge in [0, 0.05) is 24.4 Å². The number of fused-ring (bicyclic) bond motifs is 1. The van der Waals surface area contributed by atoms with Crippen molar-refractivity contribution in [2.75, 3.05) is 0 Å². The van der Waals surface area contributed by atoms with Gasteiger partial charge in [0.1, 0.15) is 11.6 Å². The summed E-state index contributed by atoms with van der Waals surface area (Å²) in [6.45, 7) is 3.83. The van der Waals surface area contributed by atoms with Gasteiger partial charge in [-0.05, 0) is 122 Å². The van der Waals surface area contributed by atoms with E-state index in [0.29, 0.717) is 11.4 Å². The zero-order chi connectivity index (χ0) is 42.2. The number of benzene rings is 8. The first-order chi connectivity index (χ1) is 30.3. The van der Waals surface area contributed by atoms with Crippen molar-refractivity contribution in [2.45, 2.75) is 19.7 Å². The van der Waals surface area contributed by atoms with Crippen molar-refractivity contribution in [3.05, 3.63) is 218 Å². The third kappa shape index (κ3) is 7.41. The number of aromatic hydroxyl groups is 1. The largest absolute Gasteiger partial charge is 0.507 e. The van der Waals surface area contributed by atoms with E-state index in [9.17, 15) is 5.11 Å². The maximum atomic E-state index is 11.4. The van der Waals surface area contributed by atoms with E-state index in [2.05, 4.69) is 156 Å². The van der Waals surface area contributed by atoms with Crippen molar-refractivity contribution >= 4 is 11.0 Å². The molecule has 0 aliphatic carbocycles. The Labute approximate surface area is 358 Å². The van der Waals surface area contributed by atoms with E-state index in [0.717, 1.165) is 78.0 Å². The molecule has 0 aliphatic heterocycles. The third-order valence-electron chi connectivity index (χ3n) is 11.4. The van der Waals surface area contributed by atoms with E-state index >= 15 is 0 Å². The highest BCUT2D eigenvalue weighted by Gasteiger charge is 2.22. The van der Waals surface area contributed by atoms with Gasteiger partial charge in [-0.3, -0.25) is 9.55 Å². The van der Waals surface area contributed by atoms with E-state index < -0.39 is 5.89 Å². The molecule has 2 aromatic heterocycles. The second kappa shape index (κ2) is 16.1. The molecule has 0 aliphatic rings. The molecule has 0 radical (unpaired) electrons. The number of hydrogen-bond donors (Lipinski definition) is 1. The van der Waals surface area contributed by atoms with Crippen LogP contribution >= 0.6 is 0 Å². The molecule has 8 aromatic carbocycles. The van der Waals surface area contributed by atoms with E-state index in [1.807, 2.05) is 68.6 Å². The molecule has 1 N–H and O–H groups in total. The standard InChI is InChI=1S/C57H43N3O/c1-38(2)45-31-47(41-19-10-5-11-20-41)36-50(35-45)60-54-23-14-22-51(56(54)59-57(60)52-21-12-13-24-55(52)61)48-32-46(40-17-8-4-9-18-40)33-49(34-48)53-37-44(29-30-58-53)43-27-25-42(26-28-43)39-15-6-3-7-16-39/h3-38,61H,1-2H3/i38D. The van der Waals surface area contributed by atoms with Crippen molar-refractivity contribution in [1.82, 2.24) is 14.5 Å². The minimum absolute atomic E-state index is 0.139. The highest BCUT2D eigenvalue weighted by molar-refractivity contribution is 5.98. The summed E-state index contributed by atoms with van der Waals surface area (Å²) in [4.78, 5) is 10.4. The molecular formula is C57H43N3O. The summed E-state index contributed by atoms with van der Waals surface area (Å²) in [5.41, 5.74) is 16.6. The molecule has 61 heavy (non-hydrogen) atoms. The van der Waals surface area contributed by atoms with Crippen molar-refractivity contribution in [3.63, 3.8) is 0 Å². The van der Waals surface area contributed by atoms with Crippen LogP contribution in [-0.4, -0.2) is 19.6 Å². The number of imidazole rings is 1. The molecule has 292 valence electrons. The Kier molecular flexibility index (Phi) is 9.57. The molecule has 0 fully saturated rings. The fourth-order valence-corrected chi connectivity index (χ4v) is 8.25. The second-order valence-electron chi connectivity index (χ2n) is 15.6. The SMILES string of the molecule is [2H]C(C)(C)c1cc(-c2ccccc2)cc(-n2c(-c3ccccc3O)nc3c(-c4cc(-c5ccccc5)cc(-c5cc(-c6ccc(-c7ccccc7)cc6)ccn5)c4)cccc32)c1. The summed E-state index contributed by atoms with van der Waals surface area (Å²) in [5.74, 6) is -0.127. The number of phenolic OH excluding ortho intramolecular Hbond substituents is 1. The topological polar surface area (TPSA) is 50.9 Å². The molecule has 10 aromatic rings. The lowest BCUT2D eigenvalue weighted by molar-refractivity contribution is 0.477. The number of pyridine rings is 1. The normalized spacial score (nSPS) is 11.7.